The zero-order valence-corrected chi connectivity index (χ0v) is 12.3. The summed E-state index contributed by atoms with van der Waals surface area (Å²) >= 11 is 0. The van der Waals surface area contributed by atoms with E-state index in [-0.39, 0.29) is 5.54 Å². The number of rotatable bonds is 5. The number of nitrogens with one attached hydrogen (secondary N) is 1. The van der Waals surface area contributed by atoms with Gasteiger partial charge in [-0.15, -0.1) is 0 Å². The second-order valence-electron chi connectivity index (χ2n) is 6.43. The van der Waals surface area contributed by atoms with Crippen LogP contribution in [-0.4, -0.2) is 48.8 Å². The van der Waals surface area contributed by atoms with Crippen molar-refractivity contribution < 1.29 is 4.74 Å². The summed E-state index contributed by atoms with van der Waals surface area (Å²) in [5.74, 6) is 0. The molecule has 0 atom stereocenters. The van der Waals surface area contributed by atoms with E-state index < -0.39 is 0 Å². The Hall–Kier alpha value is -0.120. The zero-order valence-electron chi connectivity index (χ0n) is 12.3. The molecule has 0 unspecified atom stereocenters. The Balaban J connectivity index is 2.13. The maximum absolute atomic E-state index is 5.59. The molecule has 1 aliphatic heterocycles. The van der Waals surface area contributed by atoms with Gasteiger partial charge in [0.25, 0.3) is 0 Å². The van der Waals surface area contributed by atoms with Crippen molar-refractivity contribution in [2.75, 3.05) is 26.2 Å². The Morgan fingerprint density at radius 2 is 1.82 bits per heavy atom. The first-order chi connectivity index (χ1) is 7.87. The SMILES string of the molecule is CC(C)OCCN1CCC(NC(C)(C)C)CC1. The number of hydrogen-bond acceptors (Lipinski definition) is 3. The van der Waals surface area contributed by atoms with E-state index in [0.717, 1.165) is 13.2 Å². The highest BCUT2D eigenvalue weighted by Crippen LogP contribution is 2.13. The third-order valence-corrected chi connectivity index (χ3v) is 3.08. The molecule has 0 bridgehead atoms. The number of likely N-dealkylation sites (tertiary alicyclic amines) is 1. The highest BCUT2D eigenvalue weighted by molar-refractivity contribution is 4.82. The summed E-state index contributed by atoms with van der Waals surface area (Å²) in [4.78, 5) is 2.52. The van der Waals surface area contributed by atoms with Crippen LogP contribution < -0.4 is 5.32 Å². The summed E-state index contributed by atoms with van der Waals surface area (Å²) in [6, 6.07) is 0.692. The maximum Gasteiger partial charge on any atom is 0.0596 e. The van der Waals surface area contributed by atoms with Gasteiger partial charge in [-0.1, -0.05) is 0 Å². The zero-order chi connectivity index (χ0) is 12.9. The minimum atomic E-state index is 0.244. The van der Waals surface area contributed by atoms with E-state index in [1.165, 1.54) is 25.9 Å². The number of nitrogens with zero attached hydrogens (tertiary/aromatic N) is 1. The Kier molecular flexibility index (Phi) is 5.90. The lowest BCUT2D eigenvalue weighted by Crippen LogP contribution is -2.49. The van der Waals surface area contributed by atoms with Crippen LogP contribution in [0.5, 0.6) is 0 Å². The van der Waals surface area contributed by atoms with Crippen LogP contribution in [0.2, 0.25) is 0 Å². The topological polar surface area (TPSA) is 24.5 Å². The standard InChI is InChI=1S/C14H30N2O/c1-12(2)17-11-10-16-8-6-13(7-9-16)15-14(3,4)5/h12-13,15H,6-11H2,1-5H3. The Morgan fingerprint density at radius 1 is 1.24 bits per heavy atom. The second-order valence-corrected chi connectivity index (χ2v) is 6.43. The number of ether oxygens (including phenoxy) is 1. The summed E-state index contributed by atoms with van der Waals surface area (Å²) in [5.41, 5.74) is 0.244. The van der Waals surface area contributed by atoms with Crippen LogP contribution in [-0.2, 0) is 4.74 Å². The van der Waals surface area contributed by atoms with Crippen molar-refractivity contribution in [3.8, 4) is 0 Å². The van der Waals surface area contributed by atoms with Crippen molar-refractivity contribution in [1.82, 2.24) is 10.2 Å². The van der Waals surface area contributed by atoms with E-state index >= 15 is 0 Å². The van der Waals surface area contributed by atoms with Gasteiger partial charge in [0, 0.05) is 18.1 Å². The molecule has 102 valence electrons. The average molecular weight is 242 g/mol. The maximum atomic E-state index is 5.59. The molecule has 0 aromatic rings. The fraction of sp³-hybridized carbons (Fsp3) is 1.00. The van der Waals surface area contributed by atoms with Crippen molar-refractivity contribution in [1.29, 1.82) is 0 Å². The average Bonchev–Trinajstić information content (AvgIpc) is 2.18. The molecule has 17 heavy (non-hydrogen) atoms. The molecule has 0 amide bonds. The predicted octanol–water partition coefficient (Wildman–Crippen LogP) is 2.26. The van der Waals surface area contributed by atoms with Gasteiger partial charge in [0.2, 0.25) is 0 Å². The fourth-order valence-electron chi connectivity index (χ4n) is 2.33. The van der Waals surface area contributed by atoms with Crippen LogP contribution in [0.4, 0.5) is 0 Å². The van der Waals surface area contributed by atoms with E-state index in [1.807, 2.05) is 0 Å². The van der Waals surface area contributed by atoms with E-state index in [9.17, 15) is 0 Å². The van der Waals surface area contributed by atoms with Crippen LogP contribution in [0, 0.1) is 0 Å². The van der Waals surface area contributed by atoms with Crippen molar-refractivity contribution in [2.24, 2.45) is 0 Å². The number of hydrogen-bond donors (Lipinski definition) is 1. The van der Waals surface area contributed by atoms with Crippen molar-refractivity contribution in [3.05, 3.63) is 0 Å². The van der Waals surface area contributed by atoms with Crippen LogP contribution in [0.3, 0.4) is 0 Å². The van der Waals surface area contributed by atoms with Crippen molar-refractivity contribution in [3.63, 3.8) is 0 Å². The molecule has 1 heterocycles. The minimum Gasteiger partial charge on any atom is -0.377 e. The van der Waals surface area contributed by atoms with Gasteiger partial charge in [0.05, 0.1) is 12.7 Å². The first-order valence-corrected chi connectivity index (χ1v) is 6.98. The van der Waals surface area contributed by atoms with Crippen LogP contribution in [0.25, 0.3) is 0 Å². The molecule has 0 aromatic heterocycles. The van der Waals surface area contributed by atoms with Crippen LogP contribution in [0.15, 0.2) is 0 Å². The smallest absolute Gasteiger partial charge is 0.0596 e. The lowest BCUT2D eigenvalue weighted by Gasteiger charge is -2.36. The van der Waals surface area contributed by atoms with Gasteiger partial charge in [-0.2, -0.15) is 0 Å². The molecule has 1 saturated heterocycles. The molecule has 1 rings (SSSR count). The molecule has 1 aliphatic rings. The third-order valence-electron chi connectivity index (χ3n) is 3.08. The lowest BCUT2D eigenvalue weighted by atomic mass is 10.00. The Morgan fingerprint density at radius 3 is 2.29 bits per heavy atom. The molecule has 3 nitrogen and oxygen atoms in total. The quantitative estimate of drug-likeness (QED) is 0.800. The van der Waals surface area contributed by atoms with Gasteiger partial charge in [0.15, 0.2) is 0 Å². The lowest BCUT2D eigenvalue weighted by molar-refractivity contribution is 0.0517. The minimum absolute atomic E-state index is 0.244. The first-order valence-electron chi connectivity index (χ1n) is 6.98. The molecular weight excluding hydrogens is 212 g/mol. The highest BCUT2D eigenvalue weighted by Gasteiger charge is 2.22. The Bertz CT molecular complexity index is 203. The Labute approximate surface area is 107 Å². The van der Waals surface area contributed by atoms with Crippen LogP contribution >= 0.6 is 0 Å². The summed E-state index contributed by atoms with van der Waals surface area (Å²) in [5, 5.41) is 3.70. The predicted molar refractivity (Wildman–Crippen MR) is 73.4 cm³/mol. The van der Waals surface area contributed by atoms with E-state index in [0.29, 0.717) is 12.1 Å². The molecule has 1 N–H and O–H groups in total. The van der Waals surface area contributed by atoms with Gasteiger partial charge < -0.3 is 15.0 Å². The van der Waals surface area contributed by atoms with E-state index in [2.05, 4.69) is 44.8 Å². The highest BCUT2D eigenvalue weighted by atomic mass is 16.5. The largest absolute Gasteiger partial charge is 0.377 e. The van der Waals surface area contributed by atoms with Gasteiger partial charge in [-0.25, -0.2) is 0 Å². The number of piperidine rings is 1. The summed E-state index contributed by atoms with van der Waals surface area (Å²) in [7, 11) is 0. The molecule has 0 radical (unpaired) electrons. The third kappa shape index (κ3) is 7.02. The summed E-state index contributed by atoms with van der Waals surface area (Å²) < 4.78 is 5.59. The van der Waals surface area contributed by atoms with Gasteiger partial charge >= 0.3 is 0 Å². The molecule has 3 heteroatoms. The normalized spacial score (nSPS) is 20.1. The molecule has 0 spiro atoms. The summed E-state index contributed by atoms with van der Waals surface area (Å²) in [6.07, 6.45) is 2.88. The molecule has 0 aromatic carbocycles. The fourth-order valence-corrected chi connectivity index (χ4v) is 2.33. The van der Waals surface area contributed by atoms with Crippen molar-refractivity contribution in [2.45, 2.75) is 65.1 Å². The molecule has 0 saturated carbocycles. The second kappa shape index (κ2) is 6.72. The monoisotopic (exact) mass is 242 g/mol. The molecule has 1 fully saturated rings. The summed E-state index contributed by atoms with van der Waals surface area (Å²) in [6.45, 7) is 15.3. The van der Waals surface area contributed by atoms with E-state index in [1.54, 1.807) is 0 Å². The van der Waals surface area contributed by atoms with Gasteiger partial charge in [-0.3, -0.25) is 0 Å². The van der Waals surface area contributed by atoms with Gasteiger partial charge in [0.1, 0.15) is 0 Å². The molecular formula is C14H30N2O. The molecule has 0 aliphatic carbocycles. The first kappa shape index (κ1) is 14.9. The van der Waals surface area contributed by atoms with Gasteiger partial charge in [-0.05, 0) is 60.5 Å². The van der Waals surface area contributed by atoms with E-state index in [4.69, 9.17) is 4.74 Å². The van der Waals surface area contributed by atoms with Crippen molar-refractivity contribution >= 4 is 0 Å². The van der Waals surface area contributed by atoms with Crippen LogP contribution in [0.1, 0.15) is 47.5 Å².